The number of nitrogens with one attached hydrogen (secondary N) is 1. The third-order valence-electron chi connectivity index (χ3n) is 10.7. The molecule has 0 saturated heterocycles. The van der Waals surface area contributed by atoms with Crippen molar-refractivity contribution >= 4 is 13.7 Å². The molecular weight excluding hydrogens is 792 g/mol. The summed E-state index contributed by atoms with van der Waals surface area (Å²) in [5, 5.41) is 13.7. The Morgan fingerprint density at radius 1 is 0.548 bits per heavy atom. The van der Waals surface area contributed by atoms with Gasteiger partial charge in [-0.3, -0.25) is 13.8 Å². The Balaban J connectivity index is 4.21. The Hall–Kier alpha value is -2.32. The zero-order valence-corrected chi connectivity index (χ0v) is 40.7. The van der Waals surface area contributed by atoms with Gasteiger partial charge in [0.15, 0.2) is 0 Å². The monoisotopic (exact) mass is 887 g/mol. The molecule has 358 valence electrons. The number of carbonyl (C=O) groups is 1. The highest BCUT2D eigenvalue weighted by Gasteiger charge is 2.26. The molecule has 0 rings (SSSR count). The van der Waals surface area contributed by atoms with Crippen molar-refractivity contribution < 1.29 is 28.4 Å². The zero-order valence-electron chi connectivity index (χ0n) is 39.8. The Bertz CT molecular complexity index is 1240. The van der Waals surface area contributed by atoms with E-state index in [1.807, 2.05) is 6.08 Å². The minimum absolute atomic E-state index is 0.0697. The molecule has 0 saturated carbocycles. The summed E-state index contributed by atoms with van der Waals surface area (Å²) >= 11 is 0. The first-order valence-corrected chi connectivity index (χ1v) is 26.7. The van der Waals surface area contributed by atoms with Gasteiger partial charge in [0.05, 0.1) is 25.4 Å². The zero-order chi connectivity index (χ0) is 45.3. The van der Waals surface area contributed by atoms with Gasteiger partial charge in [-0.1, -0.05) is 221 Å². The molecule has 0 spiro atoms. The number of amides is 1. The maximum absolute atomic E-state index is 12.8. The lowest BCUT2D eigenvalue weighted by molar-refractivity contribution is -0.123. The number of hydrogen-bond acceptors (Lipinski definition) is 6. The van der Waals surface area contributed by atoms with E-state index in [0.717, 1.165) is 89.9 Å². The second-order valence-corrected chi connectivity index (χ2v) is 18.1. The minimum atomic E-state index is -4.36. The van der Waals surface area contributed by atoms with Crippen LogP contribution >= 0.6 is 7.82 Å². The van der Waals surface area contributed by atoms with E-state index in [1.165, 1.54) is 103 Å². The molecule has 1 amide bonds. The van der Waals surface area contributed by atoms with Gasteiger partial charge >= 0.3 is 7.82 Å². The highest BCUT2D eigenvalue weighted by molar-refractivity contribution is 7.47. The number of hydrogen-bond donors (Lipinski definition) is 4. The minimum Gasteiger partial charge on any atom is -0.387 e. The van der Waals surface area contributed by atoms with Gasteiger partial charge in [-0.05, 0) is 70.6 Å². The molecule has 0 aliphatic rings. The fourth-order valence-corrected chi connectivity index (χ4v) is 7.72. The molecule has 0 bridgehead atoms. The van der Waals surface area contributed by atoms with Crippen LogP contribution in [0.1, 0.15) is 213 Å². The average molecular weight is 887 g/mol. The van der Waals surface area contributed by atoms with Crippen LogP contribution in [-0.2, 0) is 18.4 Å². The van der Waals surface area contributed by atoms with Crippen molar-refractivity contribution in [1.29, 1.82) is 0 Å². The van der Waals surface area contributed by atoms with Crippen molar-refractivity contribution in [1.82, 2.24) is 5.32 Å². The van der Waals surface area contributed by atoms with Gasteiger partial charge in [-0.25, -0.2) is 4.57 Å². The second-order valence-electron chi connectivity index (χ2n) is 16.6. The summed E-state index contributed by atoms with van der Waals surface area (Å²) in [6.45, 7) is 4.01. The molecule has 3 atom stereocenters. The molecular formula is C53H95N2O6P. The number of allylic oxidation sites excluding steroid dienone is 13. The summed E-state index contributed by atoms with van der Waals surface area (Å²) in [4.78, 5) is 22.8. The molecule has 0 aliphatic carbocycles. The van der Waals surface area contributed by atoms with Crippen LogP contribution in [0.2, 0.25) is 0 Å². The molecule has 0 fully saturated rings. The molecule has 62 heavy (non-hydrogen) atoms. The predicted molar refractivity (Wildman–Crippen MR) is 267 cm³/mol. The Kier molecular flexibility index (Phi) is 46.3. The van der Waals surface area contributed by atoms with Crippen LogP contribution in [-0.4, -0.2) is 47.8 Å². The quantitative estimate of drug-likeness (QED) is 0.0272. The summed E-state index contributed by atoms with van der Waals surface area (Å²) in [7, 11) is -4.36. The van der Waals surface area contributed by atoms with E-state index in [2.05, 4.69) is 92.1 Å². The Morgan fingerprint density at radius 2 is 0.935 bits per heavy atom. The van der Waals surface area contributed by atoms with Crippen LogP contribution in [0.3, 0.4) is 0 Å². The largest absolute Gasteiger partial charge is 0.472 e. The molecule has 0 aliphatic heterocycles. The maximum Gasteiger partial charge on any atom is 0.472 e. The van der Waals surface area contributed by atoms with Crippen molar-refractivity contribution in [3.63, 3.8) is 0 Å². The summed E-state index contributed by atoms with van der Waals surface area (Å²) in [6.07, 6.45) is 65.0. The normalized spacial score (nSPS) is 14.6. The third kappa shape index (κ3) is 45.7. The summed E-state index contributed by atoms with van der Waals surface area (Å²) in [5.41, 5.74) is 5.39. The summed E-state index contributed by atoms with van der Waals surface area (Å²) in [5.74, 6) is -0.220. The number of aliphatic hydroxyl groups is 1. The second kappa shape index (κ2) is 48.1. The first kappa shape index (κ1) is 59.7. The van der Waals surface area contributed by atoms with E-state index in [0.29, 0.717) is 6.42 Å². The van der Waals surface area contributed by atoms with E-state index >= 15 is 0 Å². The van der Waals surface area contributed by atoms with Gasteiger partial charge in [-0.2, -0.15) is 0 Å². The fourth-order valence-electron chi connectivity index (χ4n) is 6.96. The van der Waals surface area contributed by atoms with Gasteiger partial charge in [0.2, 0.25) is 5.91 Å². The average Bonchev–Trinajstić information content (AvgIpc) is 3.26. The number of aliphatic hydroxyl groups excluding tert-OH is 1. The van der Waals surface area contributed by atoms with Crippen molar-refractivity contribution in [2.24, 2.45) is 5.73 Å². The van der Waals surface area contributed by atoms with Crippen LogP contribution < -0.4 is 11.1 Å². The number of phosphoric acid groups is 1. The topological polar surface area (TPSA) is 131 Å². The van der Waals surface area contributed by atoms with Crippen LogP contribution in [0.5, 0.6) is 0 Å². The molecule has 0 aromatic carbocycles. The van der Waals surface area contributed by atoms with E-state index in [1.54, 1.807) is 6.08 Å². The van der Waals surface area contributed by atoms with E-state index < -0.39 is 20.0 Å². The van der Waals surface area contributed by atoms with Crippen LogP contribution in [0.25, 0.3) is 0 Å². The summed E-state index contributed by atoms with van der Waals surface area (Å²) < 4.78 is 22.2. The Labute approximate surface area is 381 Å². The summed E-state index contributed by atoms with van der Waals surface area (Å²) in [6, 6.07) is -0.880. The van der Waals surface area contributed by atoms with Crippen LogP contribution in [0.15, 0.2) is 85.1 Å². The van der Waals surface area contributed by atoms with Crippen molar-refractivity contribution in [2.75, 3.05) is 19.8 Å². The predicted octanol–water partition coefficient (Wildman–Crippen LogP) is 15.0. The molecule has 3 unspecified atom stereocenters. The molecule has 0 aromatic rings. The first-order chi connectivity index (χ1) is 30.4. The molecule has 5 N–H and O–H groups in total. The number of carbonyl (C=O) groups excluding carboxylic acids is 1. The van der Waals surface area contributed by atoms with E-state index in [-0.39, 0.29) is 25.7 Å². The number of rotatable bonds is 46. The van der Waals surface area contributed by atoms with E-state index in [9.17, 15) is 19.4 Å². The molecule has 0 radical (unpaired) electrons. The van der Waals surface area contributed by atoms with Gasteiger partial charge in [0.25, 0.3) is 0 Å². The molecule has 9 heteroatoms. The smallest absolute Gasteiger partial charge is 0.387 e. The highest BCUT2D eigenvalue weighted by Crippen LogP contribution is 2.43. The van der Waals surface area contributed by atoms with Gasteiger partial charge in [-0.15, -0.1) is 0 Å². The van der Waals surface area contributed by atoms with Crippen molar-refractivity contribution in [2.45, 2.75) is 225 Å². The number of phosphoric ester groups is 1. The van der Waals surface area contributed by atoms with Crippen molar-refractivity contribution in [3.05, 3.63) is 85.1 Å². The Morgan fingerprint density at radius 3 is 1.37 bits per heavy atom. The van der Waals surface area contributed by atoms with Gasteiger partial charge < -0.3 is 21.1 Å². The lowest BCUT2D eigenvalue weighted by Crippen LogP contribution is -2.45. The molecule has 0 heterocycles. The third-order valence-corrected chi connectivity index (χ3v) is 11.7. The van der Waals surface area contributed by atoms with Gasteiger partial charge in [0.1, 0.15) is 0 Å². The van der Waals surface area contributed by atoms with Gasteiger partial charge in [0, 0.05) is 13.0 Å². The lowest BCUT2D eigenvalue weighted by Gasteiger charge is -2.23. The van der Waals surface area contributed by atoms with Crippen LogP contribution in [0.4, 0.5) is 0 Å². The fraction of sp³-hybridized carbons (Fsp3) is 0.717. The molecule has 0 aromatic heterocycles. The first-order valence-electron chi connectivity index (χ1n) is 25.2. The lowest BCUT2D eigenvalue weighted by atomic mass is 10.0. The standard InChI is InChI=1S/C53H95N2O6P/c1-3-5-7-9-11-13-15-17-19-21-23-25-26-27-29-31-33-35-37-39-41-43-45-47-53(57)55-51(50-61-62(58,59)60-49-48-54)52(56)46-44-42-40-38-36-34-32-30-28-24-22-20-18-16-14-12-10-8-6-4-2/h5,7,11,13,17,19,23,25,27,29,33,35,44,46,51-52,56H,3-4,6,8-10,12,14-16,18,20-22,24,26,28,30-32,34,36-43,45,47-50,54H2,1-2H3,(H,55,57)(H,58,59)/b7-5-,13-11-,19-17-,25-23-,29-27-,35-33-,46-44+. The van der Waals surface area contributed by atoms with Crippen molar-refractivity contribution in [3.8, 4) is 0 Å². The van der Waals surface area contributed by atoms with Crippen LogP contribution in [0, 0.1) is 0 Å². The highest BCUT2D eigenvalue weighted by atomic mass is 31.2. The molecule has 8 nitrogen and oxygen atoms in total. The number of unbranched alkanes of at least 4 members (excludes halogenated alkanes) is 22. The maximum atomic E-state index is 12.8. The SMILES string of the molecule is CC/C=C\C/C=C\C/C=C\C/C=C\C/C=C\C/C=C\CCCCCCC(=O)NC(COP(=O)(O)OCCN)C(O)/C=C/CCCCCCCCCCCCCCCCCCCC. The van der Waals surface area contributed by atoms with E-state index in [4.69, 9.17) is 14.8 Å². The number of nitrogens with two attached hydrogens (primary N) is 1.